The van der Waals surface area contributed by atoms with Crippen LogP contribution in [-0.2, 0) is 19.1 Å². The maximum atomic E-state index is 14.8. The summed E-state index contributed by atoms with van der Waals surface area (Å²) in [5.74, 6) is -2.06. The number of amides is 2. The SMILES string of the molecule is C[C@@H](NC(=O)[C@@H](NC(=O)[C@H](CC=Cc1ccc(Oc2ccccc2)c(F)c1)CC(=O)OC(C)(C)C)C(C)(C)C)c1ccccc1. The largest absolute Gasteiger partial charge is 0.460 e. The number of hydrogen-bond donors (Lipinski definition) is 2. The fourth-order valence-corrected chi connectivity index (χ4v) is 4.61. The average molecular weight is 617 g/mol. The molecule has 0 aliphatic heterocycles. The van der Waals surface area contributed by atoms with E-state index in [4.69, 9.17) is 9.47 Å². The van der Waals surface area contributed by atoms with Crippen molar-refractivity contribution >= 4 is 23.9 Å². The molecule has 0 unspecified atom stereocenters. The van der Waals surface area contributed by atoms with Gasteiger partial charge in [0.25, 0.3) is 0 Å². The fraction of sp³-hybridized carbons (Fsp3) is 0.378. The van der Waals surface area contributed by atoms with Gasteiger partial charge in [0.1, 0.15) is 17.4 Å². The van der Waals surface area contributed by atoms with Crippen molar-refractivity contribution in [2.75, 3.05) is 0 Å². The van der Waals surface area contributed by atoms with Gasteiger partial charge >= 0.3 is 5.97 Å². The second kappa shape index (κ2) is 15.5. The van der Waals surface area contributed by atoms with Crippen molar-refractivity contribution in [2.45, 2.75) is 79.0 Å². The van der Waals surface area contributed by atoms with Gasteiger partial charge in [0.2, 0.25) is 11.8 Å². The molecular formula is C37H45FN2O5. The summed E-state index contributed by atoms with van der Waals surface area (Å²) in [6, 6.07) is 21.9. The first-order chi connectivity index (χ1) is 21.1. The number of ether oxygens (including phenoxy) is 2. The number of esters is 1. The average Bonchev–Trinajstić information content (AvgIpc) is 2.96. The van der Waals surface area contributed by atoms with Gasteiger partial charge < -0.3 is 20.1 Å². The Morgan fingerprint density at radius 3 is 2.04 bits per heavy atom. The molecule has 2 amide bonds. The van der Waals surface area contributed by atoms with Gasteiger partial charge in [-0.2, -0.15) is 0 Å². The molecule has 3 aromatic carbocycles. The molecule has 0 spiro atoms. The van der Waals surface area contributed by atoms with Crippen LogP contribution in [0.4, 0.5) is 4.39 Å². The van der Waals surface area contributed by atoms with E-state index in [1.54, 1.807) is 63.3 Å². The summed E-state index contributed by atoms with van der Waals surface area (Å²) >= 11 is 0. The second-order valence-corrected chi connectivity index (χ2v) is 13.2. The van der Waals surface area contributed by atoms with E-state index in [2.05, 4.69) is 10.6 Å². The van der Waals surface area contributed by atoms with E-state index in [0.717, 1.165) is 5.56 Å². The standard InChI is InChI=1S/C37H45FN2O5/c1-25(27-16-10-8-11-17-27)39-35(43)33(36(2,3)4)40-34(42)28(24-32(41)45-37(5,6)7)18-14-15-26-21-22-31(30(38)23-26)44-29-19-12-9-13-20-29/h8-17,19-23,25,28,33H,18,24H2,1-7H3,(H,39,43)(H,40,42)/t25-,28-,33-/m1/s1. The Kier molecular flexibility index (Phi) is 12.1. The Balaban J connectivity index is 1.75. The van der Waals surface area contributed by atoms with Gasteiger partial charge in [-0.25, -0.2) is 4.39 Å². The summed E-state index contributed by atoms with van der Waals surface area (Å²) in [5, 5.41) is 5.90. The van der Waals surface area contributed by atoms with Crippen LogP contribution in [0.25, 0.3) is 6.08 Å². The number of benzene rings is 3. The first-order valence-corrected chi connectivity index (χ1v) is 15.2. The lowest BCUT2D eigenvalue weighted by Crippen LogP contribution is -2.55. The van der Waals surface area contributed by atoms with Crippen molar-refractivity contribution in [3.05, 3.63) is 102 Å². The summed E-state index contributed by atoms with van der Waals surface area (Å²) in [5.41, 5.74) is 0.153. The second-order valence-electron chi connectivity index (χ2n) is 13.2. The molecule has 2 N–H and O–H groups in total. The highest BCUT2D eigenvalue weighted by Gasteiger charge is 2.35. The zero-order chi connectivity index (χ0) is 33.2. The van der Waals surface area contributed by atoms with Crippen LogP contribution in [0.3, 0.4) is 0 Å². The van der Waals surface area contributed by atoms with Crippen LogP contribution in [0, 0.1) is 17.2 Å². The monoisotopic (exact) mass is 616 g/mol. The molecule has 0 aliphatic rings. The van der Waals surface area contributed by atoms with Crippen molar-refractivity contribution < 1.29 is 28.2 Å². The maximum Gasteiger partial charge on any atom is 0.307 e. The third kappa shape index (κ3) is 11.5. The first-order valence-electron chi connectivity index (χ1n) is 15.2. The maximum absolute atomic E-state index is 14.8. The van der Waals surface area contributed by atoms with E-state index < -0.39 is 40.7 Å². The van der Waals surface area contributed by atoms with Crippen molar-refractivity contribution in [2.24, 2.45) is 11.3 Å². The van der Waals surface area contributed by atoms with E-state index in [1.807, 2.05) is 64.1 Å². The van der Waals surface area contributed by atoms with Crippen LogP contribution in [0.15, 0.2) is 84.9 Å². The predicted molar refractivity (Wildman–Crippen MR) is 175 cm³/mol. The molecular weight excluding hydrogens is 571 g/mol. The Morgan fingerprint density at radius 2 is 1.47 bits per heavy atom. The van der Waals surface area contributed by atoms with Crippen LogP contribution < -0.4 is 15.4 Å². The minimum absolute atomic E-state index is 0.0913. The molecule has 7 nitrogen and oxygen atoms in total. The molecule has 0 saturated carbocycles. The number of nitrogens with one attached hydrogen (secondary N) is 2. The molecule has 0 radical (unpaired) electrons. The Labute approximate surface area is 266 Å². The number of rotatable bonds is 12. The third-order valence-electron chi connectivity index (χ3n) is 6.93. The molecule has 0 heterocycles. The topological polar surface area (TPSA) is 93.7 Å². The highest BCUT2D eigenvalue weighted by molar-refractivity contribution is 5.91. The molecule has 0 aromatic heterocycles. The quantitative estimate of drug-likeness (QED) is 0.203. The van der Waals surface area contributed by atoms with Gasteiger partial charge in [-0.3, -0.25) is 14.4 Å². The van der Waals surface area contributed by atoms with Crippen molar-refractivity contribution in [1.29, 1.82) is 0 Å². The summed E-state index contributed by atoms with van der Waals surface area (Å²) < 4.78 is 25.9. The van der Waals surface area contributed by atoms with Crippen LogP contribution in [-0.4, -0.2) is 29.4 Å². The summed E-state index contributed by atoms with van der Waals surface area (Å²) in [4.78, 5) is 39.9. The lowest BCUT2D eigenvalue weighted by Gasteiger charge is -2.32. The summed E-state index contributed by atoms with van der Waals surface area (Å²) in [6.45, 7) is 12.8. The van der Waals surface area contributed by atoms with E-state index in [1.165, 1.54) is 12.1 Å². The van der Waals surface area contributed by atoms with Gasteiger partial charge in [0.05, 0.1) is 18.4 Å². The molecule has 0 saturated heterocycles. The van der Waals surface area contributed by atoms with Crippen LogP contribution >= 0.6 is 0 Å². The highest BCUT2D eigenvalue weighted by Crippen LogP contribution is 2.26. The molecule has 8 heteroatoms. The number of allylic oxidation sites excluding steroid dienone is 1. The van der Waals surface area contributed by atoms with Gasteiger partial charge in [-0.1, -0.05) is 87.5 Å². The number of carbonyl (C=O) groups excluding carboxylic acids is 3. The molecule has 45 heavy (non-hydrogen) atoms. The zero-order valence-corrected chi connectivity index (χ0v) is 27.2. The van der Waals surface area contributed by atoms with E-state index in [0.29, 0.717) is 11.3 Å². The van der Waals surface area contributed by atoms with Crippen LogP contribution in [0.5, 0.6) is 11.5 Å². The minimum atomic E-state index is -0.868. The number of hydrogen-bond acceptors (Lipinski definition) is 5. The van der Waals surface area contributed by atoms with Crippen LogP contribution in [0.2, 0.25) is 0 Å². The van der Waals surface area contributed by atoms with E-state index in [9.17, 15) is 18.8 Å². The van der Waals surface area contributed by atoms with E-state index >= 15 is 0 Å². The Bertz CT molecular complexity index is 1460. The van der Waals surface area contributed by atoms with Crippen LogP contribution in [0.1, 0.15) is 78.5 Å². The predicted octanol–water partition coefficient (Wildman–Crippen LogP) is 7.78. The molecule has 0 aliphatic carbocycles. The lowest BCUT2D eigenvalue weighted by atomic mass is 9.85. The van der Waals surface area contributed by atoms with Gasteiger partial charge in [-0.05, 0) is 74.9 Å². The molecule has 3 rings (SSSR count). The smallest absolute Gasteiger partial charge is 0.307 e. The number of para-hydroxylation sites is 1. The highest BCUT2D eigenvalue weighted by atomic mass is 19.1. The molecule has 3 atom stereocenters. The molecule has 3 aromatic rings. The fourth-order valence-electron chi connectivity index (χ4n) is 4.61. The first kappa shape index (κ1) is 35.0. The Hall–Kier alpha value is -4.46. The van der Waals surface area contributed by atoms with Crippen molar-refractivity contribution in [3.63, 3.8) is 0 Å². The molecule has 0 fully saturated rings. The Morgan fingerprint density at radius 1 is 0.844 bits per heavy atom. The van der Waals surface area contributed by atoms with Gasteiger partial charge in [-0.15, -0.1) is 0 Å². The summed E-state index contributed by atoms with van der Waals surface area (Å²) in [6.07, 6.45) is 3.36. The molecule has 0 bridgehead atoms. The lowest BCUT2D eigenvalue weighted by molar-refractivity contribution is -0.157. The third-order valence-corrected chi connectivity index (χ3v) is 6.93. The normalized spacial score (nSPS) is 13.9. The zero-order valence-electron chi connectivity index (χ0n) is 27.2. The van der Waals surface area contributed by atoms with Gasteiger partial charge in [0.15, 0.2) is 11.6 Å². The van der Waals surface area contributed by atoms with E-state index in [-0.39, 0.29) is 30.5 Å². The molecule has 240 valence electrons. The number of halogens is 1. The minimum Gasteiger partial charge on any atom is -0.460 e. The summed E-state index contributed by atoms with van der Waals surface area (Å²) in [7, 11) is 0. The van der Waals surface area contributed by atoms with Crippen molar-refractivity contribution in [1.82, 2.24) is 10.6 Å². The van der Waals surface area contributed by atoms with Gasteiger partial charge in [0, 0.05) is 0 Å². The van der Waals surface area contributed by atoms with Crippen molar-refractivity contribution in [3.8, 4) is 11.5 Å². The number of carbonyl (C=O) groups is 3.